The summed E-state index contributed by atoms with van der Waals surface area (Å²) in [6.45, 7) is 1.46. The van der Waals surface area contributed by atoms with Crippen LogP contribution in [0.2, 0.25) is 0 Å². The zero-order valence-corrected chi connectivity index (χ0v) is 10.7. The van der Waals surface area contributed by atoms with Crippen molar-refractivity contribution in [2.45, 2.75) is 13.3 Å². The molecule has 17 heavy (non-hydrogen) atoms. The molecule has 1 aromatic rings. The first-order valence-corrected chi connectivity index (χ1v) is 5.13. The van der Waals surface area contributed by atoms with E-state index in [0.717, 1.165) is 5.57 Å². The second kappa shape index (κ2) is 8.68. The van der Waals surface area contributed by atoms with E-state index in [1.807, 2.05) is 42.5 Å². The van der Waals surface area contributed by atoms with E-state index in [1.54, 1.807) is 12.2 Å². The molecule has 3 heteroatoms. The zero-order chi connectivity index (χ0) is 11.8. The van der Waals surface area contributed by atoms with E-state index in [1.165, 1.54) is 6.92 Å². The van der Waals surface area contributed by atoms with E-state index in [9.17, 15) is 9.90 Å². The molecule has 2 nitrogen and oxygen atoms in total. The molecule has 0 heterocycles. The van der Waals surface area contributed by atoms with Crippen molar-refractivity contribution in [3.8, 4) is 0 Å². The standard InChI is InChI=1S/C9H10O2.C5H5.Fe/c1-7(10)6-9(11)8-4-2-3-5-8;1-2-4-5-3-1;/h2-5,11H,6H2,1H3;1-5H;/q;-1;. The Balaban J connectivity index is 0.000000360. The first-order valence-electron chi connectivity index (χ1n) is 5.13. The van der Waals surface area contributed by atoms with Gasteiger partial charge in [-0.25, -0.2) is 12.1 Å². The van der Waals surface area contributed by atoms with Crippen LogP contribution in [-0.4, -0.2) is 10.9 Å². The number of rotatable bonds is 2. The number of aliphatic hydroxyl groups excluding tert-OH is 1. The average molecular weight is 271 g/mol. The van der Waals surface area contributed by atoms with Crippen molar-refractivity contribution in [3.05, 3.63) is 66.0 Å². The number of hydrogen-bond acceptors (Lipinski definition) is 2. The van der Waals surface area contributed by atoms with Crippen LogP contribution in [0.15, 0.2) is 66.0 Å². The molecule has 0 amide bonds. The van der Waals surface area contributed by atoms with Crippen LogP contribution in [0.4, 0.5) is 0 Å². The molecule has 0 aromatic heterocycles. The molecule has 0 fully saturated rings. The number of ketones is 1. The predicted octanol–water partition coefficient (Wildman–Crippen LogP) is 3.31. The van der Waals surface area contributed by atoms with Gasteiger partial charge in [0.1, 0.15) is 11.5 Å². The van der Waals surface area contributed by atoms with Crippen LogP contribution in [0.1, 0.15) is 13.3 Å². The van der Waals surface area contributed by atoms with Gasteiger partial charge in [0, 0.05) is 22.6 Å². The maximum Gasteiger partial charge on any atom is 0.137 e. The van der Waals surface area contributed by atoms with Gasteiger partial charge in [-0.1, -0.05) is 24.3 Å². The summed E-state index contributed by atoms with van der Waals surface area (Å²) in [4.78, 5) is 10.6. The minimum absolute atomic E-state index is 0. The smallest absolute Gasteiger partial charge is 0.137 e. The molecule has 0 aliphatic heterocycles. The number of aliphatic hydroxyl groups is 1. The topological polar surface area (TPSA) is 37.3 Å². The summed E-state index contributed by atoms with van der Waals surface area (Å²) in [6.07, 6.45) is 7.33. The quantitative estimate of drug-likeness (QED) is 0.509. The molecule has 0 unspecified atom stereocenters. The van der Waals surface area contributed by atoms with Gasteiger partial charge < -0.3 is 5.11 Å². The zero-order valence-electron chi connectivity index (χ0n) is 9.61. The summed E-state index contributed by atoms with van der Waals surface area (Å²) in [5, 5.41) is 9.28. The Bertz CT molecular complexity index is 380. The first kappa shape index (κ1) is 15.6. The molecule has 0 saturated carbocycles. The molecule has 1 aliphatic carbocycles. The van der Waals surface area contributed by atoms with Gasteiger partial charge >= 0.3 is 0 Å². The van der Waals surface area contributed by atoms with Gasteiger partial charge in [0.25, 0.3) is 0 Å². The van der Waals surface area contributed by atoms with Gasteiger partial charge in [-0.3, -0.25) is 4.79 Å². The fourth-order valence-electron chi connectivity index (χ4n) is 1.23. The first-order chi connectivity index (χ1) is 7.70. The summed E-state index contributed by atoms with van der Waals surface area (Å²) in [7, 11) is 0. The summed E-state index contributed by atoms with van der Waals surface area (Å²) in [5.74, 6) is 0.131. The third kappa shape index (κ3) is 6.67. The molecule has 1 aliphatic rings. The third-order valence-corrected chi connectivity index (χ3v) is 1.97. The average Bonchev–Trinajstić information content (AvgIpc) is 2.94. The van der Waals surface area contributed by atoms with E-state index in [0.29, 0.717) is 0 Å². The third-order valence-electron chi connectivity index (χ3n) is 1.97. The fourth-order valence-corrected chi connectivity index (χ4v) is 1.23. The van der Waals surface area contributed by atoms with Gasteiger partial charge in [-0.15, -0.1) is 0 Å². The Morgan fingerprint density at radius 1 is 1.24 bits per heavy atom. The van der Waals surface area contributed by atoms with Crippen molar-refractivity contribution in [1.82, 2.24) is 0 Å². The molecule has 0 spiro atoms. The molecular formula is C14H15FeO2-. The second-order valence-electron chi connectivity index (χ2n) is 3.46. The van der Waals surface area contributed by atoms with Gasteiger partial charge in [-0.05, 0) is 6.92 Å². The maximum atomic E-state index is 10.6. The number of Topliss-reactive ketones (excluding diaryl/α,β-unsaturated/α-hetero) is 1. The van der Waals surface area contributed by atoms with E-state index >= 15 is 0 Å². The van der Waals surface area contributed by atoms with Gasteiger partial charge in [0.05, 0.1) is 6.42 Å². The second-order valence-corrected chi connectivity index (χ2v) is 3.46. The van der Waals surface area contributed by atoms with Crippen molar-refractivity contribution in [2.75, 3.05) is 0 Å². The number of carbonyl (C=O) groups excluding carboxylic acids is 1. The van der Waals surface area contributed by atoms with Crippen LogP contribution in [0.25, 0.3) is 0 Å². The molecule has 92 valence electrons. The van der Waals surface area contributed by atoms with Crippen LogP contribution in [-0.2, 0) is 21.9 Å². The van der Waals surface area contributed by atoms with E-state index in [-0.39, 0.29) is 35.0 Å². The predicted molar refractivity (Wildman–Crippen MR) is 65.3 cm³/mol. The number of carbonyl (C=O) groups is 1. The molecule has 0 atom stereocenters. The van der Waals surface area contributed by atoms with Crippen molar-refractivity contribution in [3.63, 3.8) is 0 Å². The SMILES string of the molecule is CC(=O)CC(O)=C1C=CC=C1.[Fe].c1cc[cH-]c1. The van der Waals surface area contributed by atoms with Crippen molar-refractivity contribution in [2.24, 2.45) is 0 Å². The van der Waals surface area contributed by atoms with E-state index < -0.39 is 0 Å². The van der Waals surface area contributed by atoms with Gasteiger partial charge in [-0.2, -0.15) is 18.2 Å². The molecular weight excluding hydrogens is 256 g/mol. The van der Waals surface area contributed by atoms with Crippen LogP contribution < -0.4 is 0 Å². The molecule has 1 aromatic carbocycles. The minimum atomic E-state index is -0.0244. The van der Waals surface area contributed by atoms with Gasteiger partial charge in [0.2, 0.25) is 0 Å². The Hall–Kier alpha value is -1.44. The number of hydrogen-bond donors (Lipinski definition) is 1. The van der Waals surface area contributed by atoms with Crippen LogP contribution in [0.3, 0.4) is 0 Å². The monoisotopic (exact) mass is 271 g/mol. The minimum Gasteiger partial charge on any atom is -0.511 e. The molecule has 1 N–H and O–H groups in total. The Labute approximate surface area is 112 Å². The normalized spacial score (nSPS) is 11.5. The molecule has 0 radical (unpaired) electrons. The molecule has 2 rings (SSSR count). The Morgan fingerprint density at radius 3 is 2.12 bits per heavy atom. The van der Waals surface area contributed by atoms with Gasteiger partial charge in [0.15, 0.2) is 0 Å². The van der Waals surface area contributed by atoms with Crippen LogP contribution in [0, 0.1) is 0 Å². The number of allylic oxidation sites excluding steroid dienone is 6. The van der Waals surface area contributed by atoms with Crippen LogP contribution >= 0.6 is 0 Å². The summed E-state index contributed by atoms with van der Waals surface area (Å²) < 4.78 is 0. The Morgan fingerprint density at radius 2 is 1.76 bits per heavy atom. The molecule has 0 saturated heterocycles. The van der Waals surface area contributed by atoms with Crippen molar-refractivity contribution >= 4 is 5.78 Å². The van der Waals surface area contributed by atoms with E-state index in [4.69, 9.17) is 0 Å². The maximum absolute atomic E-state index is 10.6. The summed E-state index contributed by atoms with van der Waals surface area (Å²) >= 11 is 0. The molecule has 0 bridgehead atoms. The largest absolute Gasteiger partial charge is 0.511 e. The van der Waals surface area contributed by atoms with Crippen molar-refractivity contribution in [1.29, 1.82) is 0 Å². The van der Waals surface area contributed by atoms with Crippen molar-refractivity contribution < 1.29 is 27.0 Å². The Kier molecular flexibility index (Phi) is 7.95. The van der Waals surface area contributed by atoms with Crippen LogP contribution in [0.5, 0.6) is 0 Å². The summed E-state index contributed by atoms with van der Waals surface area (Å²) in [5.41, 5.74) is 0.736. The fraction of sp³-hybridized carbons (Fsp3) is 0.143. The summed E-state index contributed by atoms with van der Waals surface area (Å²) in [6, 6.07) is 10.0. The van der Waals surface area contributed by atoms with E-state index in [2.05, 4.69) is 0 Å².